The second kappa shape index (κ2) is 8.85. The van der Waals surface area contributed by atoms with Gasteiger partial charge in [0.25, 0.3) is 5.91 Å². The maximum Gasteiger partial charge on any atom is 0.407 e. The molecule has 0 aromatic heterocycles. The number of carbonyl (C=O) groups excluding carboxylic acids is 3. The number of esters is 1. The molecule has 1 aromatic rings. The van der Waals surface area contributed by atoms with Gasteiger partial charge in [-0.15, -0.1) is 0 Å². The van der Waals surface area contributed by atoms with Crippen LogP contribution in [0, 0.1) is 5.82 Å². The number of benzene rings is 1. The van der Waals surface area contributed by atoms with Gasteiger partial charge in [0, 0.05) is 6.54 Å². The highest BCUT2D eigenvalue weighted by atomic mass is 19.1. The van der Waals surface area contributed by atoms with E-state index in [1.165, 1.54) is 18.2 Å². The molecule has 0 radical (unpaired) electrons. The molecule has 24 heavy (non-hydrogen) atoms. The Morgan fingerprint density at radius 1 is 1.17 bits per heavy atom. The second-order valence-electron chi connectivity index (χ2n) is 5.87. The number of anilines is 1. The van der Waals surface area contributed by atoms with Crippen molar-refractivity contribution in [2.45, 2.75) is 32.8 Å². The van der Waals surface area contributed by atoms with E-state index in [1.54, 1.807) is 26.8 Å². The average molecular weight is 340 g/mol. The van der Waals surface area contributed by atoms with Crippen LogP contribution in [0.3, 0.4) is 0 Å². The van der Waals surface area contributed by atoms with Crippen molar-refractivity contribution in [1.29, 1.82) is 0 Å². The van der Waals surface area contributed by atoms with Gasteiger partial charge in [0.05, 0.1) is 12.1 Å². The first-order chi connectivity index (χ1) is 11.2. The van der Waals surface area contributed by atoms with Gasteiger partial charge in [0.1, 0.15) is 11.4 Å². The number of para-hydroxylation sites is 1. The lowest BCUT2D eigenvalue weighted by molar-refractivity contribution is -0.147. The molecule has 8 heteroatoms. The number of hydrogen-bond donors (Lipinski definition) is 2. The first-order valence-electron chi connectivity index (χ1n) is 7.34. The summed E-state index contributed by atoms with van der Waals surface area (Å²) in [6, 6.07) is 5.64. The Hall–Kier alpha value is -2.64. The molecule has 132 valence electrons. The third-order valence-electron chi connectivity index (χ3n) is 2.51. The van der Waals surface area contributed by atoms with Crippen LogP contribution in [0.15, 0.2) is 24.3 Å². The largest absolute Gasteiger partial charge is 0.456 e. The number of halogens is 1. The number of alkyl carbamates (subject to hydrolysis) is 1. The summed E-state index contributed by atoms with van der Waals surface area (Å²) in [5, 5.41) is 4.68. The molecule has 1 rings (SSSR count). The van der Waals surface area contributed by atoms with Crippen LogP contribution in [0.1, 0.15) is 27.2 Å². The molecule has 0 aliphatic carbocycles. The van der Waals surface area contributed by atoms with E-state index in [0.29, 0.717) is 0 Å². The monoisotopic (exact) mass is 340 g/mol. The van der Waals surface area contributed by atoms with E-state index < -0.39 is 36.0 Å². The van der Waals surface area contributed by atoms with Crippen molar-refractivity contribution >= 4 is 23.7 Å². The highest BCUT2D eigenvalue weighted by molar-refractivity contribution is 5.92. The van der Waals surface area contributed by atoms with Crippen LogP contribution < -0.4 is 10.6 Å². The molecule has 0 fully saturated rings. The molecule has 0 aliphatic rings. The van der Waals surface area contributed by atoms with Crippen molar-refractivity contribution in [1.82, 2.24) is 5.32 Å². The molecular formula is C16H21FN2O5. The average Bonchev–Trinajstić information content (AvgIpc) is 2.45. The molecule has 2 amide bonds. The first-order valence-corrected chi connectivity index (χ1v) is 7.34. The van der Waals surface area contributed by atoms with Crippen molar-refractivity contribution < 1.29 is 28.2 Å². The van der Waals surface area contributed by atoms with Crippen LogP contribution in [0.25, 0.3) is 0 Å². The van der Waals surface area contributed by atoms with Gasteiger partial charge in [-0.1, -0.05) is 12.1 Å². The predicted octanol–water partition coefficient (Wildman–Crippen LogP) is 2.22. The summed E-state index contributed by atoms with van der Waals surface area (Å²) < 4.78 is 23.1. The van der Waals surface area contributed by atoms with E-state index in [2.05, 4.69) is 10.6 Å². The lowest BCUT2D eigenvalue weighted by Gasteiger charge is -2.19. The highest BCUT2D eigenvalue weighted by Gasteiger charge is 2.16. The van der Waals surface area contributed by atoms with Crippen molar-refractivity contribution in [2.75, 3.05) is 18.5 Å². The van der Waals surface area contributed by atoms with Gasteiger partial charge in [0.2, 0.25) is 0 Å². The Labute approximate surface area is 139 Å². The zero-order valence-electron chi connectivity index (χ0n) is 13.8. The van der Waals surface area contributed by atoms with Crippen LogP contribution in [0.2, 0.25) is 0 Å². The number of hydrogen-bond acceptors (Lipinski definition) is 5. The van der Waals surface area contributed by atoms with Crippen LogP contribution >= 0.6 is 0 Å². The van der Waals surface area contributed by atoms with Crippen molar-refractivity contribution in [3.05, 3.63) is 30.1 Å². The highest BCUT2D eigenvalue weighted by Crippen LogP contribution is 2.12. The number of nitrogens with one attached hydrogen (secondary N) is 2. The Balaban J connectivity index is 2.23. The molecule has 0 unspecified atom stereocenters. The summed E-state index contributed by atoms with van der Waals surface area (Å²) >= 11 is 0. The van der Waals surface area contributed by atoms with E-state index in [0.717, 1.165) is 0 Å². The number of ether oxygens (including phenoxy) is 2. The Morgan fingerprint density at radius 3 is 2.46 bits per heavy atom. The van der Waals surface area contributed by atoms with Gasteiger partial charge < -0.3 is 20.1 Å². The minimum Gasteiger partial charge on any atom is -0.456 e. The van der Waals surface area contributed by atoms with Crippen LogP contribution in [0.5, 0.6) is 0 Å². The quantitative estimate of drug-likeness (QED) is 0.775. The van der Waals surface area contributed by atoms with Crippen molar-refractivity contribution in [3.63, 3.8) is 0 Å². The third-order valence-corrected chi connectivity index (χ3v) is 2.51. The normalized spacial score (nSPS) is 10.7. The first kappa shape index (κ1) is 19.4. The maximum absolute atomic E-state index is 13.3. The number of amides is 2. The molecule has 0 saturated heterocycles. The summed E-state index contributed by atoms with van der Waals surface area (Å²) in [6.45, 7) is 4.63. The van der Waals surface area contributed by atoms with Crippen LogP contribution in [-0.4, -0.2) is 36.7 Å². The summed E-state index contributed by atoms with van der Waals surface area (Å²) in [5.74, 6) is -1.91. The summed E-state index contributed by atoms with van der Waals surface area (Å²) in [4.78, 5) is 34.4. The standard InChI is InChI=1S/C16H21FN2O5/c1-16(2,3)24-15(22)18-9-8-14(21)23-10-13(20)19-12-7-5-4-6-11(12)17/h4-7H,8-10H2,1-3H3,(H,18,22)(H,19,20). The summed E-state index contributed by atoms with van der Waals surface area (Å²) in [6.07, 6.45) is -0.765. The fourth-order valence-electron chi connectivity index (χ4n) is 1.55. The van der Waals surface area contributed by atoms with Crippen molar-refractivity contribution in [2.24, 2.45) is 0 Å². The summed E-state index contributed by atoms with van der Waals surface area (Å²) in [5.41, 5.74) is -0.625. The van der Waals surface area contributed by atoms with E-state index in [1.807, 2.05) is 0 Å². The van der Waals surface area contributed by atoms with Gasteiger partial charge >= 0.3 is 12.1 Å². The SMILES string of the molecule is CC(C)(C)OC(=O)NCCC(=O)OCC(=O)Nc1ccccc1F. The minimum absolute atomic E-state index is 0.00476. The zero-order valence-corrected chi connectivity index (χ0v) is 13.8. The van der Waals surface area contributed by atoms with Crippen molar-refractivity contribution in [3.8, 4) is 0 Å². The molecular weight excluding hydrogens is 319 g/mol. The van der Waals surface area contributed by atoms with Gasteiger partial charge in [-0.25, -0.2) is 9.18 Å². The van der Waals surface area contributed by atoms with Gasteiger partial charge in [-0.05, 0) is 32.9 Å². The molecule has 0 aliphatic heterocycles. The maximum atomic E-state index is 13.3. The Bertz CT molecular complexity index is 598. The lowest BCUT2D eigenvalue weighted by Crippen LogP contribution is -2.34. The Morgan fingerprint density at radius 2 is 1.83 bits per heavy atom. The molecule has 0 saturated carbocycles. The number of carbonyl (C=O) groups is 3. The smallest absolute Gasteiger partial charge is 0.407 e. The van der Waals surface area contributed by atoms with E-state index >= 15 is 0 Å². The molecule has 0 heterocycles. The van der Waals surface area contributed by atoms with Crippen LogP contribution in [0.4, 0.5) is 14.9 Å². The fraction of sp³-hybridized carbons (Fsp3) is 0.438. The Kier molecular flexibility index (Phi) is 7.16. The van der Waals surface area contributed by atoms with E-state index in [9.17, 15) is 18.8 Å². The topological polar surface area (TPSA) is 93.7 Å². The molecule has 0 atom stereocenters. The predicted molar refractivity (Wildman–Crippen MR) is 84.8 cm³/mol. The van der Waals surface area contributed by atoms with E-state index in [4.69, 9.17) is 9.47 Å². The molecule has 7 nitrogen and oxygen atoms in total. The zero-order chi connectivity index (χ0) is 18.2. The minimum atomic E-state index is -0.672. The molecule has 1 aromatic carbocycles. The van der Waals surface area contributed by atoms with E-state index in [-0.39, 0.29) is 18.7 Å². The van der Waals surface area contributed by atoms with Crippen LogP contribution in [-0.2, 0) is 19.1 Å². The molecule has 0 bridgehead atoms. The second-order valence-corrected chi connectivity index (χ2v) is 5.87. The molecule has 2 N–H and O–H groups in total. The molecule has 0 spiro atoms. The van der Waals surface area contributed by atoms with Gasteiger partial charge in [-0.3, -0.25) is 9.59 Å². The summed E-state index contributed by atoms with van der Waals surface area (Å²) in [7, 11) is 0. The van der Waals surface area contributed by atoms with Gasteiger partial charge in [0.15, 0.2) is 6.61 Å². The number of rotatable bonds is 6. The van der Waals surface area contributed by atoms with Gasteiger partial charge in [-0.2, -0.15) is 0 Å². The fourth-order valence-corrected chi connectivity index (χ4v) is 1.55. The third kappa shape index (κ3) is 8.11. The lowest BCUT2D eigenvalue weighted by atomic mass is 10.2.